The minimum absolute atomic E-state index is 0.317. The summed E-state index contributed by atoms with van der Waals surface area (Å²) in [7, 11) is -3.00. The first-order valence-electron chi connectivity index (χ1n) is 5.70. The van der Waals surface area contributed by atoms with E-state index in [1.54, 1.807) is 0 Å². The van der Waals surface area contributed by atoms with Crippen LogP contribution in [0.4, 0.5) is 10.1 Å². The highest BCUT2D eigenvalue weighted by Crippen LogP contribution is 2.23. The fourth-order valence-corrected chi connectivity index (χ4v) is 2.81. The maximum atomic E-state index is 13.2. The quantitative estimate of drug-likeness (QED) is 0.619. The second-order valence-corrected chi connectivity index (χ2v) is 6.44. The van der Waals surface area contributed by atoms with Crippen LogP contribution in [-0.2, 0) is 14.8 Å². The van der Waals surface area contributed by atoms with Crippen molar-refractivity contribution in [3.63, 3.8) is 0 Å². The van der Waals surface area contributed by atoms with Crippen molar-refractivity contribution in [2.75, 3.05) is 13.6 Å². The number of nitrogens with zero attached hydrogens (tertiary/aromatic N) is 2. The Balaban J connectivity index is 3.16. The molecule has 116 valence electrons. The van der Waals surface area contributed by atoms with Gasteiger partial charge in [-0.15, -0.1) is 0 Å². The maximum absolute atomic E-state index is 13.2. The predicted molar refractivity (Wildman–Crippen MR) is 69.7 cm³/mol. The van der Waals surface area contributed by atoms with Crippen LogP contribution in [0.25, 0.3) is 0 Å². The Morgan fingerprint density at radius 3 is 2.57 bits per heavy atom. The SMILES string of the molecule is CC(CN(C)S(=O)(=O)c1ccc(F)c([N+](=O)[O-])c1)C(=O)O. The lowest BCUT2D eigenvalue weighted by Gasteiger charge is -2.19. The number of carboxylic acids is 1. The van der Waals surface area contributed by atoms with Crippen LogP contribution < -0.4 is 0 Å². The van der Waals surface area contributed by atoms with Gasteiger partial charge in [-0.25, -0.2) is 12.7 Å². The summed E-state index contributed by atoms with van der Waals surface area (Å²) in [6.45, 7) is 1.00. The lowest BCUT2D eigenvalue weighted by atomic mass is 10.2. The highest BCUT2D eigenvalue weighted by Gasteiger charge is 2.27. The number of sulfonamides is 1. The van der Waals surface area contributed by atoms with Gasteiger partial charge in [0.1, 0.15) is 0 Å². The highest BCUT2D eigenvalue weighted by molar-refractivity contribution is 7.89. The van der Waals surface area contributed by atoms with Crippen LogP contribution in [0, 0.1) is 21.8 Å². The summed E-state index contributed by atoms with van der Waals surface area (Å²) < 4.78 is 38.3. The molecule has 10 heteroatoms. The summed E-state index contributed by atoms with van der Waals surface area (Å²) in [5.74, 6) is -3.29. The van der Waals surface area contributed by atoms with E-state index in [4.69, 9.17) is 5.11 Å². The molecule has 0 heterocycles. The average Bonchev–Trinajstić information content (AvgIpc) is 2.38. The lowest BCUT2D eigenvalue weighted by Crippen LogP contribution is -2.33. The normalized spacial score (nSPS) is 13.1. The number of hydrogen-bond donors (Lipinski definition) is 1. The van der Waals surface area contributed by atoms with E-state index in [0.29, 0.717) is 12.1 Å². The van der Waals surface area contributed by atoms with Crippen LogP contribution in [0.2, 0.25) is 0 Å². The molecule has 0 aliphatic carbocycles. The smallest absolute Gasteiger partial charge is 0.307 e. The fraction of sp³-hybridized carbons (Fsp3) is 0.364. The molecule has 1 atom stereocenters. The van der Waals surface area contributed by atoms with Gasteiger partial charge in [0, 0.05) is 19.7 Å². The molecular weight excluding hydrogens is 307 g/mol. The number of nitro groups is 1. The molecule has 0 amide bonds. The molecule has 1 rings (SSSR count). The minimum Gasteiger partial charge on any atom is -0.481 e. The number of rotatable bonds is 6. The zero-order chi connectivity index (χ0) is 16.4. The topological polar surface area (TPSA) is 118 Å². The van der Waals surface area contributed by atoms with Crippen molar-refractivity contribution in [2.45, 2.75) is 11.8 Å². The first-order chi connectivity index (χ1) is 9.57. The van der Waals surface area contributed by atoms with Gasteiger partial charge in [-0.1, -0.05) is 6.92 Å². The van der Waals surface area contributed by atoms with Crippen LogP contribution in [0.15, 0.2) is 23.1 Å². The summed E-state index contributed by atoms with van der Waals surface area (Å²) in [4.78, 5) is 19.8. The molecule has 0 aliphatic heterocycles. The molecule has 0 radical (unpaired) electrons. The van der Waals surface area contributed by atoms with Crippen LogP contribution >= 0.6 is 0 Å². The van der Waals surface area contributed by atoms with E-state index in [2.05, 4.69) is 0 Å². The van der Waals surface area contributed by atoms with Crippen LogP contribution in [0.5, 0.6) is 0 Å². The molecule has 0 aliphatic rings. The molecule has 0 bridgehead atoms. The van der Waals surface area contributed by atoms with Gasteiger partial charge in [0.2, 0.25) is 15.8 Å². The second kappa shape index (κ2) is 6.14. The zero-order valence-corrected chi connectivity index (χ0v) is 12.0. The van der Waals surface area contributed by atoms with Gasteiger partial charge < -0.3 is 5.11 Å². The molecule has 0 aromatic heterocycles. The van der Waals surface area contributed by atoms with E-state index < -0.39 is 43.2 Å². The molecule has 8 nitrogen and oxygen atoms in total. The van der Waals surface area contributed by atoms with Crippen LogP contribution in [0.3, 0.4) is 0 Å². The van der Waals surface area contributed by atoms with Crippen molar-refractivity contribution in [2.24, 2.45) is 5.92 Å². The van der Waals surface area contributed by atoms with Crippen molar-refractivity contribution in [1.29, 1.82) is 0 Å². The average molecular weight is 320 g/mol. The number of benzene rings is 1. The summed E-state index contributed by atoms with van der Waals surface area (Å²) >= 11 is 0. The van der Waals surface area contributed by atoms with E-state index in [0.717, 1.165) is 17.4 Å². The number of carbonyl (C=O) groups is 1. The maximum Gasteiger partial charge on any atom is 0.307 e. The third-order valence-corrected chi connectivity index (χ3v) is 4.59. The summed E-state index contributed by atoms with van der Waals surface area (Å²) in [6, 6.07) is 2.17. The van der Waals surface area contributed by atoms with Gasteiger partial charge in [0.25, 0.3) is 0 Å². The van der Waals surface area contributed by atoms with Gasteiger partial charge in [-0.05, 0) is 12.1 Å². The lowest BCUT2D eigenvalue weighted by molar-refractivity contribution is -0.387. The molecule has 0 fully saturated rings. The zero-order valence-electron chi connectivity index (χ0n) is 11.2. The Hall–Kier alpha value is -2.07. The molecule has 1 aromatic rings. The summed E-state index contributed by atoms with van der Waals surface area (Å²) in [6.07, 6.45) is 0. The van der Waals surface area contributed by atoms with Crippen molar-refractivity contribution in [3.8, 4) is 0 Å². The third kappa shape index (κ3) is 3.73. The Morgan fingerprint density at radius 2 is 2.10 bits per heavy atom. The molecule has 1 unspecified atom stereocenters. The first-order valence-corrected chi connectivity index (χ1v) is 7.14. The fourth-order valence-electron chi connectivity index (χ4n) is 1.53. The Morgan fingerprint density at radius 1 is 1.52 bits per heavy atom. The van der Waals surface area contributed by atoms with E-state index in [-0.39, 0.29) is 6.54 Å². The highest BCUT2D eigenvalue weighted by atomic mass is 32.2. The van der Waals surface area contributed by atoms with Gasteiger partial charge in [0.15, 0.2) is 0 Å². The van der Waals surface area contributed by atoms with Gasteiger partial charge >= 0.3 is 11.7 Å². The summed E-state index contributed by atoms with van der Waals surface area (Å²) in [5, 5.41) is 19.4. The predicted octanol–water partition coefficient (Wildman–Crippen LogP) is 1.08. The monoisotopic (exact) mass is 320 g/mol. The molecule has 0 saturated carbocycles. The Bertz CT molecular complexity index is 675. The van der Waals surface area contributed by atoms with Crippen molar-refractivity contribution in [3.05, 3.63) is 34.1 Å². The first kappa shape index (κ1) is 17.0. The number of halogens is 1. The van der Waals surface area contributed by atoms with Crippen molar-refractivity contribution in [1.82, 2.24) is 4.31 Å². The molecule has 1 N–H and O–H groups in total. The van der Waals surface area contributed by atoms with E-state index in [1.165, 1.54) is 6.92 Å². The molecule has 21 heavy (non-hydrogen) atoms. The Labute approximate surface area is 120 Å². The molecule has 0 saturated heterocycles. The minimum atomic E-state index is -4.14. The van der Waals surface area contributed by atoms with Crippen LogP contribution in [-0.4, -0.2) is 42.3 Å². The van der Waals surface area contributed by atoms with Gasteiger partial charge in [-0.2, -0.15) is 4.39 Å². The van der Waals surface area contributed by atoms with Crippen molar-refractivity contribution >= 4 is 21.7 Å². The number of aliphatic carboxylic acids is 1. The number of carboxylic acid groups (broad SMARTS) is 1. The third-order valence-electron chi connectivity index (χ3n) is 2.78. The van der Waals surface area contributed by atoms with Crippen LogP contribution in [0.1, 0.15) is 6.92 Å². The molecular formula is C11H13FN2O6S. The molecule has 0 spiro atoms. The van der Waals surface area contributed by atoms with E-state index in [1.807, 2.05) is 0 Å². The second-order valence-electron chi connectivity index (χ2n) is 4.40. The number of hydrogen-bond acceptors (Lipinski definition) is 5. The Kier molecular flexibility index (Phi) is 4.97. The standard InChI is InChI=1S/C11H13FN2O6S/c1-7(11(15)16)6-13(2)21(19,20)8-3-4-9(12)10(5-8)14(17)18/h3-5,7H,6H2,1-2H3,(H,15,16). The van der Waals surface area contributed by atoms with E-state index >= 15 is 0 Å². The molecule has 1 aromatic carbocycles. The number of nitro benzene ring substituents is 1. The van der Waals surface area contributed by atoms with E-state index in [9.17, 15) is 27.7 Å². The van der Waals surface area contributed by atoms with Crippen molar-refractivity contribution < 1.29 is 27.6 Å². The van der Waals surface area contributed by atoms with Gasteiger partial charge in [0.05, 0.1) is 15.7 Å². The largest absolute Gasteiger partial charge is 0.481 e. The summed E-state index contributed by atoms with van der Waals surface area (Å²) in [5.41, 5.74) is -0.962. The van der Waals surface area contributed by atoms with Gasteiger partial charge in [-0.3, -0.25) is 14.9 Å².